The lowest BCUT2D eigenvalue weighted by atomic mass is 10.2. The second kappa shape index (κ2) is 5.82. The third kappa shape index (κ3) is 3.12. The standard InChI is InChI=1S/C13H17N3O2S2/c1-9-5-6-19-12(9)8-16-10-3-4-13(11(14)7-10)20(17,18)15-2/h3-7,15-16H,8,14H2,1-2H3. The minimum absolute atomic E-state index is 0.0952. The molecule has 1 heterocycles. The van der Waals surface area contributed by atoms with Gasteiger partial charge >= 0.3 is 0 Å². The molecule has 4 N–H and O–H groups in total. The van der Waals surface area contributed by atoms with E-state index in [-0.39, 0.29) is 10.6 Å². The van der Waals surface area contributed by atoms with Gasteiger partial charge in [-0.25, -0.2) is 13.1 Å². The number of hydrogen-bond acceptors (Lipinski definition) is 5. The molecule has 2 rings (SSSR count). The van der Waals surface area contributed by atoms with Gasteiger partial charge in [0.15, 0.2) is 0 Å². The first-order valence-corrected chi connectivity index (χ1v) is 8.40. The van der Waals surface area contributed by atoms with Crippen LogP contribution in [0, 0.1) is 6.92 Å². The molecule has 0 saturated heterocycles. The summed E-state index contributed by atoms with van der Waals surface area (Å²) < 4.78 is 25.7. The molecule has 0 bridgehead atoms. The number of thiophene rings is 1. The van der Waals surface area contributed by atoms with E-state index in [0.717, 1.165) is 5.69 Å². The van der Waals surface area contributed by atoms with E-state index < -0.39 is 10.0 Å². The molecule has 1 aromatic carbocycles. The predicted octanol–water partition coefficient (Wildman–Crippen LogP) is 2.16. The van der Waals surface area contributed by atoms with Crippen LogP contribution in [-0.2, 0) is 16.6 Å². The molecule has 1 aromatic heterocycles. The smallest absolute Gasteiger partial charge is 0.242 e. The van der Waals surface area contributed by atoms with Crippen LogP contribution in [0.4, 0.5) is 11.4 Å². The van der Waals surface area contributed by atoms with Gasteiger partial charge in [0.2, 0.25) is 10.0 Å². The molecular formula is C13H17N3O2S2. The number of rotatable bonds is 5. The topological polar surface area (TPSA) is 84.2 Å². The van der Waals surface area contributed by atoms with Crippen molar-refractivity contribution in [2.24, 2.45) is 0 Å². The summed E-state index contributed by atoms with van der Waals surface area (Å²) in [5, 5.41) is 5.29. The van der Waals surface area contributed by atoms with Crippen molar-refractivity contribution in [1.82, 2.24) is 4.72 Å². The summed E-state index contributed by atoms with van der Waals surface area (Å²) in [5.41, 5.74) is 8.07. The average Bonchev–Trinajstić information content (AvgIpc) is 2.81. The van der Waals surface area contributed by atoms with E-state index in [0.29, 0.717) is 6.54 Å². The lowest BCUT2D eigenvalue weighted by Gasteiger charge is -2.10. The SMILES string of the molecule is CNS(=O)(=O)c1ccc(NCc2sccc2C)cc1N. The Hall–Kier alpha value is -1.57. The molecule has 0 saturated carbocycles. The Balaban J connectivity index is 2.16. The van der Waals surface area contributed by atoms with Gasteiger partial charge in [-0.05, 0) is 49.2 Å². The Morgan fingerprint density at radius 3 is 2.60 bits per heavy atom. The van der Waals surface area contributed by atoms with Crippen molar-refractivity contribution in [1.29, 1.82) is 0 Å². The summed E-state index contributed by atoms with van der Waals surface area (Å²) >= 11 is 1.68. The minimum Gasteiger partial charge on any atom is -0.398 e. The monoisotopic (exact) mass is 311 g/mol. The molecule has 0 spiro atoms. The van der Waals surface area contributed by atoms with Gasteiger partial charge in [-0.15, -0.1) is 11.3 Å². The zero-order valence-electron chi connectivity index (χ0n) is 11.3. The van der Waals surface area contributed by atoms with Crippen LogP contribution >= 0.6 is 11.3 Å². The highest BCUT2D eigenvalue weighted by atomic mass is 32.2. The first-order chi connectivity index (χ1) is 9.44. The van der Waals surface area contributed by atoms with Crippen LogP contribution in [0.3, 0.4) is 0 Å². The molecule has 2 aromatic rings. The first kappa shape index (κ1) is 14.8. The Morgan fingerprint density at radius 2 is 2.05 bits per heavy atom. The number of aryl methyl sites for hydroxylation is 1. The number of nitrogens with one attached hydrogen (secondary N) is 2. The molecule has 0 unspecified atom stereocenters. The maximum atomic E-state index is 11.7. The average molecular weight is 311 g/mol. The molecule has 0 fully saturated rings. The zero-order chi connectivity index (χ0) is 14.8. The fraction of sp³-hybridized carbons (Fsp3) is 0.231. The van der Waals surface area contributed by atoms with Crippen LogP contribution < -0.4 is 15.8 Å². The van der Waals surface area contributed by atoms with Gasteiger partial charge in [-0.3, -0.25) is 0 Å². The minimum atomic E-state index is -3.51. The molecule has 108 valence electrons. The molecule has 0 radical (unpaired) electrons. The normalized spacial score (nSPS) is 11.5. The van der Waals surface area contributed by atoms with Crippen molar-refractivity contribution in [3.63, 3.8) is 0 Å². The zero-order valence-corrected chi connectivity index (χ0v) is 12.9. The molecule has 7 heteroatoms. The number of benzene rings is 1. The molecule has 0 aliphatic rings. The highest BCUT2D eigenvalue weighted by Gasteiger charge is 2.15. The van der Waals surface area contributed by atoms with Crippen LogP contribution in [-0.4, -0.2) is 15.5 Å². The number of hydrogen-bond donors (Lipinski definition) is 3. The fourth-order valence-corrected chi connectivity index (χ4v) is 3.46. The van der Waals surface area contributed by atoms with Gasteiger partial charge in [-0.2, -0.15) is 0 Å². The van der Waals surface area contributed by atoms with E-state index in [2.05, 4.69) is 23.0 Å². The molecule has 0 amide bonds. The number of sulfonamides is 1. The second-order valence-electron chi connectivity index (χ2n) is 4.34. The Labute approximate surface area is 122 Å². The highest BCUT2D eigenvalue weighted by molar-refractivity contribution is 7.89. The van der Waals surface area contributed by atoms with Crippen molar-refractivity contribution < 1.29 is 8.42 Å². The van der Waals surface area contributed by atoms with Crippen molar-refractivity contribution >= 4 is 32.7 Å². The van der Waals surface area contributed by atoms with Crippen LogP contribution in [0.1, 0.15) is 10.4 Å². The van der Waals surface area contributed by atoms with Crippen molar-refractivity contribution in [3.8, 4) is 0 Å². The second-order valence-corrected chi connectivity index (χ2v) is 7.20. The van der Waals surface area contributed by atoms with Crippen molar-refractivity contribution in [3.05, 3.63) is 40.1 Å². The largest absolute Gasteiger partial charge is 0.398 e. The maximum absolute atomic E-state index is 11.7. The molecule has 0 atom stereocenters. The van der Waals surface area contributed by atoms with E-state index in [9.17, 15) is 8.42 Å². The van der Waals surface area contributed by atoms with Gasteiger partial charge in [-0.1, -0.05) is 0 Å². The lowest BCUT2D eigenvalue weighted by Crippen LogP contribution is -2.20. The molecule has 0 aliphatic heterocycles. The van der Waals surface area contributed by atoms with E-state index in [4.69, 9.17) is 5.73 Å². The van der Waals surface area contributed by atoms with Crippen LogP contribution in [0.5, 0.6) is 0 Å². The van der Waals surface area contributed by atoms with Gasteiger partial charge in [0, 0.05) is 17.1 Å². The van der Waals surface area contributed by atoms with Gasteiger partial charge < -0.3 is 11.1 Å². The summed E-state index contributed by atoms with van der Waals surface area (Å²) in [6.45, 7) is 2.76. The van der Waals surface area contributed by atoms with Crippen molar-refractivity contribution in [2.75, 3.05) is 18.1 Å². The molecule has 5 nitrogen and oxygen atoms in total. The lowest BCUT2D eigenvalue weighted by molar-refractivity contribution is 0.588. The Morgan fingerprint density at radius 1 is 1.30 bits per heavy atom. The first-order valence-electron chi connectivity index (χ1n) is 6.04. The molecule has 0 aliphatic carbocycles. The van der Waals surface area contributed by atoms with Gasteiger partial charge in [0.1, 0.15) is 4.90 Å². The summed E-state index contributed by atoms with van der Waals surface area (Å²) in [6.07, 6.45) is 0. The Bertz CT molecular complexity index is 708. The summed E-state index contributed by atoms with van der Waals surface area (Å²) in [7, 11) is -2.15. The number of nitrogen functional groups attached to an aromatic ring is 1. The maximum Gasteiger partial charge on any atom is 0.242 e. The molecule has 20 heavy (non-hydrogen) atoms. The van der Waals surface area contributed by atoms with Crippen LogP contribution in [0.2, 0.25) is 0 Å². The van der Waals surface area contributed by atoms with Crippen LogP contribution in [0.25, 0.3) is 0 Å². The molecular weight excluding hydrogens is 294 g/mol. The number of anilines is 2. The third-order valence-electron chi connectivity index (χ3n) is 2.99. The van der Waals surface area contributed by atoms with E-state index in [1.807, 2.05) is 5.38 Å². The number of nitrogens with two attached hydrogens (primary N) is 1. The summed E-state index contributed by atoms with van der Waals surface area (Å²) in [6, 6.07) is 6.92. The fourth-order valence-electron chi connectivity index (χ4n) is 1.78. The van der Waals surface area contributed by atoms with Crippen LogP contribution in [0.15, 0.2) is 34.5 Å². The summed E-state index contributed by atoms with van der Waals surface area (Å²) in [4.78, 5) is 1.34. The Kier molecular flexibility index (Phi) is 4.32. The van der Waals surface area contributed by atoms with E-state index in [1.54, 1.807) is 23.5 Å². The highest BCUT2D eigenvalue weighted by Crippen LogP contribution is 2.23. The summed E-state index contributed by atoms with van der Waals surface area (Å²) in [5.74, 6) is 0. The van der Waals surface area contributed by atoms with E-state index >= 15 is 0 Å². The van der Waals surface area contributed by atoms with Gasteiger partial charge in [0.25, 0.3) is 0 Å². The quantitative estimate of drug-likeness (QED) is 0.739. The van der Waals surface area contributed by atoms with Crippen molar-refractivity contribution in [2.45, 2.75) is 18.4 Å². The van der Waals surface area contributed by atoms with E-state index in [1.165, 1.54) is 23.6 Å². The third-order valence-corrected chi connectivity index (χ3v) is 5.50. The van der Waals surface area contributed by atoms with Gasteiger partial charge in [0.05, 0.1) is 5.69 Å². The predicted molar refractivity (Wildman–Crippen MR) is 83.5 cm³/mol.